The van der Waals surface area contributed by atoms with Gasteiger partial charge in [0.25, 0.3) is 0 Å². The van der Waals surface area contributed by atoms with Crippen LogP contribution in [0.25, 0.3) is 0 Å². The molecule has 1 rings (SSSR count). The number of hydrogen-bond acceptors (Lipinski definition) is 3. The van der Waals surface area contributed by atoms with Crippen LogP contribution in [-0.2, 0) is 0 Å². The molecule has 116 valence electrons. The van der Waals surface area contributed by atoms with Crippen LogP contribution in [0.4, 0.5) is 17.6 Å². The molecule has 1 aromatic rings. The number of halogens is 5. The van der Waals surface area contributed by atoms with E-state index in [1.165, 1.54) is 6.07 Å². The second-order valence-electron chi connectivity index (χ2n) is 4.86. The lowest BCUT2D eigenvalue weighted by Gasteiger charge is -2.29. The third-order valence-corrected chi connectivity index (χ3v) is 2.79. The van der Waals surface area contributed by atoms with Crippen LogP contribution >= 0.6 is 12.4 Å². The highest BCUT2D eigenvalue weighted by molar-refractivity contribution is 5.85. The van der Waals surface area contributed by atoms with E-state index in [2.05, 4.69) is 4.74 Å². The molecule has 0 aliphatic heterocycles. The molecule has 20 heavy (non-hydrogen) atoms. The highest BCUT2D eigenvalue weighted by atomic mass is 35.5. The lowest BCUT2D eigenvalue weighted by Crippen LogP contribution is -2.32. The van der Waals surface area contributed by atoms with Crippen molar-refractivity contribution < 1.29 is 27.4 Å². The highest BCUT2D eigenvalue weighted by Gasteiger charge is 2.33. The van der Waals surface area contributed by atoms with Gasteiger partial charge in [0.05, 0.1) is 0 Å². The Kier molecular flexibility index (Phi) is 6.25. The molecular weight excluding hydrogens is 302 g/mol. The van der Waals surface area contributed by atoms with Gasteiger partial charge in [-0.1, -0.05) is 19.9 Å². The summed E-state index contributed by atoms with van der Waals surface area (Å²) in [6.07, 6.45) is -4.95. The van der Waals surface area contributed by atoms with Crippen LogP contribution in [-0.4, -0.2) is 18.1 Å². The molecule has 1 aromatic carbocycles. The molecule has 0 bridgehead atoms. The van der Waals surface area contributed by atoms with E-state index in [4.69, 9.17) is 10.8 Å². The summed E-state index contributed by atoms with van der Waals surface area (Å²) in [6, 6.07) is 2.27. The Morgan fingerprint density at radius 3 is 2.25 bits per heavy atom. The van der Waals surface area contributed by atoms with Crippen LogP contribution in [0.15, 0.2) is 18.2 Å². The molecule has 0 spiro atoms. The van der Waals surface area contributed by atoms with E-state index in [0.29, 0.717) is 0 Å². The van der Waals surface area contributed by atoms with E-state index in [0.717, 1.165) is 12.1 Å². The molecule has 0 fully saturated rings. The van der Waals surface area contributed by atoms with Crippen LogP contribution in [0.5, 0.6) is 5.75 Å². The second-order valence-corrected chi connectivity index (χ2v) is 4.86. The van der Waals surface area contributed by atoms with Gasteiger partial charge >= 0.3 is 6.36 Å². The van der Waals surface area contributed by atoms with Crippen LogP contribution < -0.4 is 10.5 Å². The summed E-state index contributed by atoms with van der Waals surface area (Å²) < 4.78 is 52.9. The highest BCUT2D eigenvalue weighted by Crippen LogP contribution is 2.33. The summed E-state index contributed by atoms with van der Waals surface area (Å²) in [7, 11) is 0. The topological polar surface area (TPSA) is 55.5 Å². The number of nitrogens with two attached hydrogens (primary N) is 1. The Labute approximate surface area is 120 Å². The smallest absolute Gasteiger partial charge is 0.403 e. The van der Waals surface area contributed by atoms with E-state index in [9.17, 15) is 17.6 Å². The number of ether oxygens (including phenoxy) is 1. The Bertz CT molecular complexity index is 452. The Morgan fingerprint density at radius 2 is 1.85 bits per heavy atom. The molecule has 3 nitrogen and oxygen atoms in total. The second kappa shape index (κ2) is 6.60. The van der Waals surface area contributed by atoms with Crippen LogP contribution in [0, 0.1) is 11.2 Å². The van der Waals surface area contributed by atoms with Crippen LogP contribution in [0.3, 0.4) is 0 Å². The molecule has 0 radical (unpaired) electrons. The predicted molar refractivity (Wildman–Crippen MR) is 68.1 cm³/mol. The first kappa shape index (κ1) is 18.9. The molecule has 0 saturated carbocycles. The zero-order chi connectivity index (χ0) is 14.8. The van der Waals surface area contributed by atoms with Crippen molar-refractivity contribution in [2.75, 3.05) is 6.61 Å². The number of rotatable bonds is 4. The van der Waals surface area contributed by atoms with Crippen LogP contribution in [0.2, 0.25) is 0 Å². The molecule has 8 heteroatoms. The molecule has 0 unspecified atom stereocenters. The molecule has 0 aliphatic rings. The van der Waals surface area contributed by atoms with Gasteiger partial charge in [0, 0.05) is 18.1 Å². The summed E-state index contributed by atoms with van der Waals surface area (Å²) >= 11 is 0. The molecule has 3 N–H and O–H groups in total. The van der Waals surface area contributed by atoms with Gasteiger partial charge in [-0.3, -0.25) is 0 Å². The van der Waals surface area contributed by atoms with E-state index in [1.54, 1.807) is 13.8 Å². The molecule has 0 saturated heterocycles. The lowest BCUT2D eigenvalue weighted by atomic mass is 9.82. The molecular formula is C12H16ClF4NO2. The Hall–Kier alpha value is -1.05. The van der Waals surface area contributed by atoms with Gasteiger partial charge in [-0.05, 0) is 17.7 Å². The minimum atomic E-state index is -4.95. The van der Waals surface area contributed by atoms with Gasteiger partial charge in [0.15, 0.2) is 11.6 Å². The van der Waals surface area contributed by atoms with Crippen molar-refractivity contribution in [1.82, 2.24) is 0 Å². The Morgan fingerprint density at radius 1 is 1.30 bits per heavy atom. The molecule has 0 aliphatic carbocycles. The van der Waals surface area contributed by atoms with Crippen LogP contribution in [0.1, 0.15) is 25.5 Å². The van der Waals surface area contributed by atoms with Gasteiger partial charge in [-0.25, -0.2) is 4.39 Å². The first-order chi connectivity index (χ1) is 8.57. The van der Waals surface area contributed by atoms with Crippen molar-refractivity contribution in [3.05, 3.63) is 29.6 Å². The number of aliphatic hydroxyl groups is 1. The number of aliphatic hydroxyl groups excluding tert-OH is 1. The van der Waals surface area contributed by atoms with Crippen molar-refractivity contribution >= 4 is 12.4 Å². The van der Waals surface area contributed by atoms with Crippen molar-refractivity contribution in [1.29, 1.82) is 0 Å². The van der Waals surface area contributed by atoms with Gasteiger partial charge in [-0.15, -0.1) is 25.6 Å². The van der Waals surface area contributed by atoms with E-state index < -0.39 is 29.4 Å². The van der Waals surface area contributed by atoms with Crippen molar-refractivity contribution in [3.63, 3.8) is 0 Å². The minimum Gasteiger partial charge on any atom is -0.403 e. The predicted octanol–water partition coefficient (Wildman–Crippen LogP) is 3.16. The SMILES string of the molecule is CC(C)(CO)[C@@H](N)c1ccc(OC(F)(F)F)c(F)c1.Cl. The Balaban J connectivity index is 0.00000361. The summed E-state index contributed by atoms with van der Waals surface area (Å²) in [5.74, 6) is -2.07. The standard InChI is InChI=1S/C12H15F4NO2.ClH/c1-11(2,6-18)10(17)7-3-4-9(8(13)5-7)19-12(14,15)16;/h3-5,10,18H,6,17H2,1-2H3;1H/t10-;/m0./s1. The third-order valence-electron chi connectivity index (χ3n) is 2.79. The molecule has 1 atom stereocenters. The molecule has 0 aromatic heterocycles. The van der Waals surface area contributed by atoms with E-state index in [1.807, 2.05) is 0 Å². The maximum Gasteiger partial charge on any atom is 0.573 e. The fourth-order valence-electron chi connectivity index (χ4n) is 1.47. The number of hydrogen-bond donors (Lipinski definition) is 2. The third kappa shape index (κ3) is 4.81. The number of benzene rings is 1. The molecule has 0 heterocycles. The van der Waals surface area contributed by atoms with Crippen molar-refractivity contribution in [2.45, 2.75) is 26.3 Å². The monoisotopic (exact) mass is 317 g/mol. The molecule has 0 amide bonds. The van der Waals surface area contributed by atoms with Crippen molar-refractivity contribution in [2.24, 2.45) is 11.1 Å². The lowest BCUT2D eigenvalue weighted by molar-refractivity contribution is -0.275. The zero-order valence-electron chi connectivity index (χ0n) is 10.9. The largest absolute Gasteiger partial charge is 0.573 e. The quantitative estimate of drug-likeness (QED) is 0.839. The first-order valence-corrected chi connectivity index (χ1v) is 5.48. The summed E-state index contributed by atoms with van der Waals surface area (Å²) in [4.78, 5) is 0. The average molecular weight is 318 g/mol. The maximum atomic E-state index is 13.5. The van der Waals surface area contributed by atoms with Gasteiger partial charge in [0.2, 0.25) is 0 Å². The minimum absolute atomic E-state index is 0. The van der Waals surface area contributed by atoms with Gasteiger partial charge in [-0.2, -0.15) is 0 Å². The zero-order valence-corrected chi connectivity index (χ0v) is 11.7. The van der Waals surface area contributed by atoms with Crippen molar-refractivity contribution in [3.8, 4) is 5.75 Å². The van der Waals surface area contributed by atoms with E-state index in [-0.39, 0.29) is 24.6 Å². The summed E-state index contributed by atoms with van der Waals surface area (Å²) in [5, 5.41) is 9.16. The normalized spacial score (nSPS) is 13.6. The van der Waals surface area contributed by atoms with E-state index >= 15 is 0 Å². The fraction of sp³-hybridized carbons (Fsp3) is 0.500. The van der Waals surface area contributed by atoms with Gasteiger partial charge < -0.3 is 15.6 Å². The summed E-state index contributed by atoms with van der Waals surface area (Å²) in [6.45, 7) is 3.09. The van der Waals surface area contributed by atoms with Gasteiger partial charge in [0.1, 0.15) is 0 Å². The first-order valence-electron chi connectivity index (χ1n) is 5.48. The maximum absolute atomic E-state index is 13.5. The number of alkyl halides is 3. The summed E-state index contributed by atoms with van der Waals surface area (Å²) in [5.41, 5.74) is 5.40. The average Bonchev–Trinajstić information content (AvgIpc) is 2.29. The fourth-order valence-corrected chi connectivity index (χ4v) is 1.47.